The molecular weight excluding hydrogens is 472 g/mol. The van der Waals surface area contributed by atoms with Gasteiger partial charge in [-0.3, -0.25) is 0 Å². The molecule has 39 heavy (non-hydrogen) atoms. The number of para-hydroxylation sites is 1. The predicted molar refractivity (Wildman–Crippen MR) is 165 cm³/mol. The highest BCUT2D eigenvalue weighted by Gasteiger charge is 2.17. The fourth-order valence-corrected chi connectivity index (χ4v) is 5.94. The van der Waals surface area contributed by atoms with Crippen LogP contribution in [-0.2, 0) is 0 Å². The molecule has 8 rings (SSSR count). The molecule has 0 aliphatic heterocycles. The van der Waals surface area contributed by atoms with Gasteiger partial charge in [0.15, 0.2) is 0 Å². The zero-order chi connectivity index (χ0) is 30.1. The average molecular weight is 502 g/mol. The van der Waals surface area contributed by atoms with Gasteiger partial charge in [-0.1, -0.05) is 127 Å². The Hall–Kier alpha value is -5.14. The van der Waals surface area contributed by atoms with Gasteiger partial charge in [0.05, 0.1) is 6.85 Å². The number of hydrogen-bond acceptors (Lipinski definition) is 1. The van der Waals surface area contributed by atoms with Gasteiger partial charge in [-0.05, 0) is 73.1 Å². The second-order valence-corrected chi connectivity index (χ2v) is 9.70. The second-order valence-electron chi connectivity index (χ2n) is 9.70. The van der Waals surface area contributed by atoms with Crippen molar-refractivity contribution in [1.82, 2.24) is 0 Å². The van der Waals surface area contributed by atoms with Crippen molar-refractivity contribution in [3.63, 3.8) is 0 Å². The van der Waals surface area contributed by atoms with E-state index in [4.69, 9.17) is 11.3 Å². The molecule has 1 aromatic heterocycles. The van der Waals surface area contributed by atoms with Crippen LogP contribution in [-0.4, -0.2) is 0 Å². The molecule has 0 unspecified atom stereocenters. The first-order valence-electron chi connectivity index (χ1n) is 15.5. The van der Waals surface area contributed by atoms with Crippen LogP contribution >= 0.6 is 0 Å². The van der Waals surface area contributed by atoms with E-state index in [9.17, 15) is 0 Å². The van der Waals surface area contributed by atoms with Crippen LogP contribution in [0.1, 0.15) is 6.85 Å². The van der Waals surface area contributed by atoms with Gasteiger partial charge in [-0.2, -0.15) is 0 Å². The van der Waals surface area contributed by atoms with E-state index in [1.807, 2.05) is 78.9 Å². The molecule has 0 saturated carbocycles. The fourth-order valence-electron chi connectivity index (χ4n) is 5.94. The minimum atomic E-state index is -0.397. The van der Waals surface area contributed by atoms with Crippen LogP contribution in [0.15, 0.2) is 150 Å². The molecule has 0 fully saturated rings. The molecule has 0 atom stereocenters. The van der Waals surface area contributed by atoms with Gasteiger partial charge >= 0.3 is 0 Å². The summed E-state index contributed by atoms with van der Waals surface area (Å²) < 4.78 is 48.6. The smallest absolute Gasteiger partial charge is 0.136 e. The first kappa shape index (κ1) is 17.4. The van der Waals surface area contributed by atoms with E-state index in [1.54, 1.807) is 0 Å². The molecule has 0 bridgehead atoms. The minimum Gasteiger partial charge on any atom is -0.456 e. The van der Waals surface area contributed by atoms with Crippen molar-refractivity contribution in [3.05, 3.63) is 145 Å². The van der Waals surface area contributed by atoms with Crippen LogP contribution in [0.3, 0.4) is 0 Å². The summed E-state index contributed by atoms with van der Waals surface area (Å²) in [5, 5.41) is 5.68. The van der Waals surface area contributed by atoms with Crippen molar-refractivity contribution >= 4 is 43.5 Å². The third-order valence-corrected chi connectivity index (χ3v) is 7.55. The summed E-state index contributed by atoms with van der Waals surface area (Å²) in [7, 11) is 0. The van der Waals surface area contributed by atoms with Crippen LogP contribution in [0.25, 0.3) is 76.9 Å². The summed E-state index contributed by atoms with van der Waals surface area (Å²) in [5.41, 5.74) is 6.73. The van der Waals surface area contributed by atoms with Crippen molar-refractivity contribution in [1.29, 1.82) is 0 Å². The number of rotatable bonds is 3. The molecule has 7 aromatic carbocycles. The molecule has 0 spiro atoms. The van der Waals surface area contributed by atoms with Crippen molar-refractivity contribution in [2.24, 2.45) is 0 Å². The molecule has 0 saturated heterocycles. The summed E-state index contributed by atoms with van der Waals surface area (Å²) in [4.78, 5) is 0. The molecule has 1 nitrogen and oxygen atoms in total. The van der Waals surface area contributed by atoms with Crippen molar-refractivity contribution in [2.75, 3.05) is 0 Å². The largest absolute Gasteiger partial charge is 0.456 e. The topological polar surface area (TPSA) is 13.1 Å². The van der Waals surface area contributed by atoms with E-state index in [2.05, 4.69) is 36.4 Å². The first-order chi connectivity index (χ1) is 21.4. The van der Waals surface area contributed by atoms with Crippen molar-refractivity contribution in [3.8, 4) is 33.4 Å². The lowest BCUT2D eigenvalue weighted by Crippen LogP contribution is -1.91. The van der Waals surface area contributed by atoms with Crippen molar-refractivity contribution in [2.45, 2.75) is 0 Å². The highest BCUT2D eigenvalue weighted by atomic mass is 16.3. The summed E-state index contributed by atoms with van der Waals surface area (Å²) in [6.45, 7) is 0. The summed E-state index contributed by atoms with van der Waals surface area (Å²) in [6, 6.07) is 37.1. The Morgan fingerprint density at radius 2 is 0.974 bits per heavy atom. The maximum Gasteiger partial charge on any atom is 0.136 e. The summed E-state index contributed by atoms with van der Waals surface area (Å²) >= 11 is 0. The molecule has 0 aliphatic carbocycles. The molecule has 182 valence electrons. The molecule has 8 aromatic rings. The van der Waals surface area contributed by atoms with Crippen LogP contribution < -0.4 is 0 Å². The molecule has 0 aliphatic rings. The Balaban J connectivity index is 1.45. The zero-order valence-corrected chi connectivity index (χ0v) is 20.9. The van der Waals surface area contributed by atoms with Gasteiger partial charge in [-0.15, -0.1) is 0 Å². The lowest BCUT2D eigenvalue weighted by Gasteiger charge is -2.18. The van der Waals surface area contributed by atoms with Gasteiger partial charge in [0.1, 0.15) is 11.2 Å². The maximum atomic E-state index is 8.79. The quantitative estimate of drug-likeness (QED) is 0.219. The molecule has 0 radical (unpaired) electrons. The molecule has 1 heterocycles. The van der Waals surface area contributed by atoms with Gasteiger partial charge in [-0.25, -0.2) is 0 Å². The third kappa shape index (κ3) is 3.41. The van der Waals surface area contributed by atoms with Crippen LogP contribution in [0, 0.1) is 0 Å². The zero-order valence-electron chi connectivity index (χ0n) is 25.9. The lowest BCUT2D eigenvalue weighted by atomic mass is 9.85. The van der Waals surface area contributed by atoms with Crippen LogP contribution in [0.4, 0.5) is 0 Å². The number of furan rings is 1. The van der Waals surface area contributed by atoms with E-state index in [0.29, 0.717) is 5.56 Å². The average Bonchev–Trinajstić information content (AvgIpc) is 3.45. The van der Waals surface area contributed by atoms with E-state index >= 15 is 0 Å². The Bertz CT molecular complexity index is 2370. The Kier molecular flexibility index (Phi) is 3.89. The third-order valence-electron chi connectivity index (χ3n) is 7.55. The van der Waals surface area contributed by atoms with E-state index < -0.39 is 6.04 Å². The first-order valence-corrected chi connectivity index (χ1v) is 13.0. The standard InChI is InChI=1S/C38H24O/c1-2-12-25(13-3-1)36-29-16-4-6-18-31(29)37(32-19-7-5-17-30(32)36)27-15-10-14-26(24-27)28-21-11-23-35-38(28)33-20-8-9-22-34(33)39-35/h1-24H/i1D,2D,3D,12D,13D. The Morgan fingerprint density at radius 3 is 1.67 bits per heavy atom. The molecule has 0 N–H and O–H groups in total. The highest BCUT2D eigenvalue weighted by Crippen LogP contribution is 2.44. The van der Waals surface area contributed by atoms with E-state index in [-0.39, 0.29) is 29.7 Å². The molecular formula is C38H24O. The van der Waals surface area contributed by atoms with Crippen molar-refractivity contribution < 1.29 is 11.3 Å². The Labute approximate surface area is 233 Å². The van der Waals surface area contributed by atoms with Gasteiger partial charge in [0.2, 0.25) is 0 Å². The second kappa shape index (κ2) is 8.72. The van der Waals surface area contributed by atoms with Gasteiger partial charge in [0, 0.05) is 10.8 Å². The number of fused-ring (bicyclic) bond motifs is 5. The lowest BCUT2D eigenvalue weighted by molar-refractivity contribution is 0.669. The SMILES string of the molecule is [2H]c1c([2H])c([2H])c(-c2c3ccccc3c(-c3cccc(-c4cccc5oc6ccccc6c45)c3)c3ccccc23)c([2H])c1[2H]. The fraction of sp³-hybridized carbons (Fsp3) is 0. The maximum absolute atomic E-state index is 8.79. The van der Waals surface area contributed by atoms with Gasteiger partial charge < -0.3 is 4.42 Å². The summed E-state index contributed by atoms with van der Waals surface area (Å²) in [6.07, 6.45) is 0. The normalized spacial score (nSPS) is 13.4. The monoisotopic (exact) mass is 501 g/mol. The molecule has 1 heteroatoms. The van der Waals surface area contributed by atoms with Crippen LogP contribution in [0.2, 0.25) is 0 Å². The predicted octanol–water partition coefficient (Wildman–Crippen LogP) is 10.9. The minimum absolute atomic E-state index is 0.207. The van der Waals surface area contributed by atoms with Gasteiger partial charge in [0.25, 0.3) is 0 Å². The highest BCUT2D eigenvalue weighted by molar-refractivity contribution is 6.21. The van der Waals surface area contributed by atoms with E-state index in [0.717, 1.165) is 65.7 Å². The van der Waals surface area contributed by atoms with E-state index in [1.165, 1.54) is 0 Å². The summed E-state index contributed by atoms with van der Waals surface area (Å²) in [5.74, 6) is 0. The Morgan fingerprint density at radius 1 is 0.436 bits per heavy atom. The molecule has 0 amide bonds. The number of hydrogen-bond donors (Lipinski definition) is 0. The number of benzene rings is 7. The van der Waals surface area contributed by atoms with Crippen LogP contribution in [0.5, 0.6) is 0 Å².